The zero-order chi connectivity index (χ0) is 13.1. The van der Waals surface area contributed by atoms with E-state index in [2.05, 4.69) is 36.6 Å². The predicted molar refractivity (Wildman–Crippen MR) is 67.2 cm³/mol. The molecule has 0 bridgehead atoms. The summed E-state index contributed by atoms with van der Waals surface area (Å²) in [5.74, 6) is 4.33. The van der Waals surface area contributed by atoms with E-state index in [4.69, 9.17) is 5.84 Å². The van der Waals surface area contributed by atoms with Gasteiger partial charge in [-0.2, -0.15) is 4.98 Å². The molecule has 1 heterocycles. The van der Waals surface area contributed by atoms with Gasteiger partial charge in [0.15, 0.2) is 0 Å². The number of benzene rings is 1. The van der Waals surface area contributed by atoms with E-state index in [1.165, 1.54) is 6.20 Å². The van der Waals surface area contributed by atoms with Gasteiger partial charge in [-0.15, -0.1) is 0 Å². The van der Waals surface area contributed by atoms with E-state index in [0.717, 1.165) is 18.2 Å². The number of aromatic nitrogens is 2. The van der Waals surface area contributed by atoms with Gasteiger partial charge in [-0.3, -0.25) is 5.43 Å². The Morgan fingerprint density at radius 1 is 1.17 bits per heavy atom. The van der Waals surface area contributed by atoms with Crippen LogP contribution in [0.5, 0.6) is 0 Å². The molecule has 0 atom stereocenters. The van der Waals surface area contributed by atoms with E-state index in [1.807, 2.05) is 0 Å². The molecule has 0 radical (unpaired) electrons. The molecular weight excluding hydrogens is 308 g/mol. The highest BCUT2D eigenvalue weighted by Crippen LogP contribution is 2.24. The SMILES string of the molecule is NNc1ncc(Br)c(Nc2cc(F)cc(F)c2)n1. The standard InChI is InChI=1S/C10H8BrF2N5/c11-8-4-15-10(18-14)17-9(8)16-7-2-5(12)1-6(13)3-7/h1-4H,14H2,(H2,15,16,17,18). The van der Waals surface area contributed by atoms with Crippen molar-refractivity contribution >= 4 is 33.4 Å². The molecule has 0 aliphatic heterocycles. The number of anilines is 3. The molecule has 0 aliphatic carbocycles. The third-order valence-corrected chi connectivity index (χ3v) is 2.58. The summed E-state index contributed by atoms with van der Waals surface area (Å²) in [6.45, 7) is 0. The van der Waals surface area contributed by atoms with E-state index in [1.54, 1.807) is 0 Å². The first-order chi connectivity index (χ1) is 8.58. The molecule has 0 saturated carbocycles. The van der Waals surface area contributed by atoms with Crippen LogP contribution in [0, 0.1) is 11.6 Å². The highest BCUT2D eigenvalue weighted by atomic mass is 79.9. The van der Waals surface area contributed by atoms with Crippen molar-refractivity contribution in [2.75, 3.05) is 10.7 Å². The first-order valence-corrected chi connectivity index (χ1v) is 5.60. The summed E-state index contributed by atoms with van der Waals surface area (Å²) in [7, 11) is 0. The van der Waals surface area contributed by atoms with Crippen LogP contribution in [-0.4, -0.2) is 9.97 Å². The van der Waals surface area contributed by atoms with Crippen molar-refractivity contribution in [2.45, 2.75) is 0 Å². The number of nitrogens with two attached hydrogens (primary N) is 1. The highest BCUT2D eigenvalue weighted by Gasteiger charge is 2.06. The van der Waals surface area contributed by atoms with Gasteiger partial charge in [0, 0.05) is 18.0 Å². The fourth-order valence-electron chi connectivity index (χ4n) is 1.29. The minimum absolute atomic E-state index is 0.178. The molecule has 2 rings (SSSR count). The van der Waals surface area contributed by atoms with Crippen molar-refractivity contribution in [1.29, 1.82) is 0 Å². The maximum Gasteiger partial charge on any atom is 0.239 e. The molecule has 0 amide bonds. The summed E-state index contributed by atoms with van der Waals surface area (Å²) >= 11 is 3.21. The maximum atomic E-state index is 13.0. The van der Waals surface area contributed by atoms with Crippen LogP contribution in [0.1, 0.15) is 0 Å². The van der Waals surface area contributed by atoms with Crippen molar-refractivity contribution in [1.82, 2.24) is 9.97 Å². The van der Waals surface area contributed by atoms with Gasteiger partial charge in [-0.1, -0.05) is 0 Å². The molecule has 5 nitrogen and oxygen atoms in total. The van der Waals surface area contributed by atoms with E-state index < -0.39 is 11.6 Å². The fourth-order valence-corrected chi connectivity index (χ4v) is 1.58. The lowest BCUT2D eigenvalue weighted by atomic mass is 10.3. The number of hydrazine groups is 1. The van der Waals surface area contributed by atoms with Crippen LogP contribution >= 0.6 is 15.9 Å². The Hall–Kier alpha value is -1.80. The number of nitrogen functional groups attached to an aromatic ring is 1. The van der Waals surface area contributed by atoms with Gasteiger partial charge in [0.05, 0.1) is 4.47 Å². The number of halogens is 3. The van der Waals surface area contributed by atoms with Crippen LogP contribution in [0.3, 0.4) is 0 Å². The van der Waals surface area contributed by atoms with Crippen molar-refractivity contribution in [3.63, 3.8) is 0 Å². The van der Waals surface area contributed by atoms with Gasteiger partial charge in [0.1, 0.15) is 17.5 Å². The Labute approximate surface area is 110 Å². The first kappa shape index (κ1) is 12.7. The third kappa shape index (κ3) is 2.90. The van der Waals surface area contributed by atoms with Crippen LogP contribution in [0.25, 0.3) is 0 Å². The summed E-state index contributed by atoms with van der Waals surface area (Å²) in [6.07, 6.45) is 1.46. The van der Waals surface area contributed by atoms with Crippen LogP contribution in [0.15, 0.2) is 28.9 Å². The Bertz CT molecular complexity index is 558. The van der Waals surface area contributed by atoms with E-state index in [-0.39, 0.29) is 11.6 Å². The zero-order valence-corrected chi connectivity index (χ0v) is 10.5. The minimum Gasteiger partial charge on any atom is -0.339 e. The highest BCUT2D eigenvalue weighted by molar-refractivity contribution is 9.10. The number of nitrogens with one attached hydrogen (secondary N) is 2. The average molecular weight is 316 g/mol. The van der Waals surface area contributed by atoms with Crippen LogP contribution in [0.2, 0.25) is 0 Å². The molecule has 18 heavy (non-hydrogen) atoms. The molecule has 1 aromatic carbocycles. The van der Waals surface area contributed by atoms with E-state index in [9.17, 15) is 8.78 Å². The Kier molecular flexibility index (Phi) is 3.68. The number of hydrogen-bond donors (Lipinski definition) is 3. The third-order valence-electron chi connectivity index (χ3n) is 2.00. The Morgan fingerprint density at radius 3 is 2.44 bits per heavy atom. The van der Waals surface area contributed by atoms with Crippen LogP contribution in [-0.2, 0) is 0 Å². The van der Waals surface area contributed by atoms with Crippen molar-refractivity contribution < 1.29 is 8.78 Å². The average Bonchev–Trinajstić information content (AvgIpc) is 2.30. The molecule has 0 saturated heterocycles. The molecule has 0 unspecified atom stereocenters. The number of nitrogens with zero attached hydrogens (tertiary/aromatic N) is 2. The van der Waals surface area contributed by atoms with Crippen molar-refractivity contribution in [3.8, 4) is 0 Å². The van der Waals surface area contributed by atoms with Gasteiger partial charge in [0.25, 0.3) is 0 Å². The lowest BCUT2D eigenvalue weighted by molar-refractivity contribution is 0.584. The lowest BCUT2D eigenvalue weighted by Gasteiger charge is -2.09. The van der Waals surface area contributed by atoms with Crippen LogP contribution < -0.4 is 16.6 Å². The van der Waals surface area contributed by atoms with E-state index >= 15 is 0 Å². The number of hydrogen-bond acceptors (Lipinski definition) is 5. The Morgan fingerprint density at radius 2 is 1.83 bits per heavy atom. The second-order valence-corrected chi connectivity index (χ2v) is 4.17. The zero-order valence-electron chi connectivity index (χ0n) is 8.92. The fraction of sp³-hybridized carbons (Fsp3) is 0. The largest absolute Gasteiger partial charge is 0.339 e. The molecule has 0 spiro atoms. The minimum atomic E-state index is -0.681. The molecule has 0 aliphatic rings. The van der Waals surface area contributed by atoms with Gasteiger partial charge < -0.3 is 5.32 Å². The summed E-state index contributed by atoms with van der Waals surface area (Å²) < 4.78 is 26.6. The second kappa shape index (κ2) is 5.23. The molecule has 4 N–H and O–H groups in total. The van der Waals surface area contributed by atoms with Crippen molar-refractivity contribution in [3.05, 3.63) is 40.5 Å². The summed E-state index contributed by atoms with van der Waals surface area (Å²) in [5.41, 5.74) is 2.50. The normalized spacial score (nSPS) is 10.2. The molecule has 2 aromatic rings. The van der Waals surface area contributed by atoms with Crippen LogP contribution in [0.4, 0.5) is 26.2 Å². The maximum absolute atomic E-state index is 13.0. The molecule has 94 valence electrons. The first-order valence-electron chi connectivity index (χ1n) is 4.81. The quantitative estimate of drug-likeness (QED) is 0.599. The topological polar surface area (TPSA) is 75.9 Å². The predicted octanol–water partition coefficient (Wildman–Crippen LogP) is 2.55. The smallest absolute Gasteiger partial charge is 0.239 e. The van der Waals surface area contributed by atoms with E-state index in [0.29, 0.717) is 10.3 Å². The van der Waals surface area contributed by atoms with Gasteiger partial charge >= 0.3 is 0 Å². The monoisotopic (exact) mass is 315 g/mol. The summed E-state index contributed by atoms with van der Waals surface area (Å²) in [6, 6.07) is 3.08. The second-order valence-electron chi connectivity index (χ2n) is 3.32. The van der Waals surface area contributed by atoms with Crippen molar-refractivity contribution in [2.24, 2.45) is 5.84 Å². The van der Waals surface area contributed by atoms with Gasteiger partial charge in [-0.05, 0) is 28.1 Å². The molecule has 1 aromatic heterocycles. The lowest BCUT2D eigenvalue weighted by Crippen LogP contribution is -2.11. The molecule has 0 fully saturated rings. The molecular formula is C10H8BrF2N5. The Balaban J connectivity index is 2.33. The summed E-state index contributed by atoms with van der Waals surface area (Å²) in [4.78, 5) is 7.85. The summed E-state index contributed by atoms with van der Waals surface area (Å²) in [5, 5.41) is 2.76. The molecule has 8 heteroatoms. The van der Waals surface area contributed by atoms with Gasteiger partial charge in [-0.25, -0.2) is 19.6 Å². The van der Waals surface area contributed by atoms with Gasteiger partial charge in [0.2, 0.25) is 5.95 Å². The number of rotatable bonds is 3.